The quantitative estimate of drug-likeness (QED) is 0.220. The molecule has 0 bridgehead atoms. The first-order chi connectivity index (χ1) is 15.8. The number of hydrogen-bond donors (Lipinski definition) is 0. The van der Waals surface area contributed by atoms with Crippen molar-refractivity contribution in [3.8, 4) is 0 Å². The van der Waals surface area contributed by atoms with Gasteiger partial charge in [-0.05, 0) is 47.4 Å². The summed E-state index contributed by atoms with van der Waals surface area (Å²) in [4.78, 5) is 0. The van der Waals surface area contributed by atoms with E-state index in [1.807, 2.05) is 0 Å². The fourth-order valence-corrected chi connectivity index (χ4v) is 4.79. The molecule has 0 heterocycles. The molecule has 0 aliphatic carbocycles. The Kier molecular flexibility index (Phi) is 19.3. The van der Waals surface area contributed by atoms with Crippen molar-refractivity contribution >= 4 is 18.5 Å². The molecule has 4 rings (SSSR count). The van der Waals surface area contributed by atoms with Crippen LogP contribution < -0.4 is 24.8 Å². The Balaban J connectivity index is 0.000000608. The summed E-state index contributed by atoms with van der Waals surface area (Å²) in [5.74, 6) is 1.06. The van der Waals surface area contributed by atoms with E-state index in [4.69, 9.17) is 0 Å². The van der Waals surface area contributed by atoms with E-state index in [2.05, 4.69) is 140 Å². The molecule has 5 heteroatoms. The molecule has 0 saturated heterocycles. The predicted molar refractivity (Wildman–Crippen MR) is 148 cm³/mol. The molecule has 0 spiro atoms. The van der Waals surface area contributed by atoms with Gasteiger partial charge in [0.1, 0.15) is 0 Å². The zero-order valence-corrected chi connectivity index (χ0v) is 24.6. The van der Waals surface area contributed by atoms with Gasteiger partial charge >= 0.3 is 16.5 Å². The Morgan fingerprint density at radius 3 is 0.771 bits per heavy atom. The molecule has 4 aromatic rings. The standard InChI is InChI=1S/2C15H17P.2ClH.Ni/c2*16-12-11-15(13-7-3-1-4-8-13)14-9-5-2-6-10-14;;;/h2*1-10,15H,11-12,16H2;2*1H;/q;;;;+2/p-2. The van der Waals surface area contributed by atoms with E-state index in [0.717, 1.165) is 12.3 Å². The minimum absolute atomic E-state index is 0. The summed E-state index contributed by atoms with van der Waals surface area (Å²) in [6.45, 7) is 0. The first-order valence-corrected chi connectivity index (χ1v) is 13.1. The summed E-state index contributed by atoms with van der Waals surface area (Å²) in [5, 5.41) is 0. The second kappa shape index (κ2) is 19.9. The number of rotatable bonds is 8. The molecule has 0 radical (unpaired) electrons. The fraction of sp³-hybridized carbons (Fsp3) is 0.200. The van der Waals surface area contributed by atoms with Crippen molar-refractivity contribution in [1.82, 2.24) is 0 Å². The van der Waals surface area contributed by atoms with Crippen LogP contribution in [-0.2, 0) is 16.5 Å². The van der Waals surface area contributed by atoms with Crippen molar-refractivity contribution < 1.29 is 41.3 Å². The van der Waals surface area contributed by atoms with Gasteiger partial charge in [0.15, 0.2) is 0 Å². The van der Waals surface area contributed by atoms with Gasteiger partial charge in [0.05, 0.1) is 0 Å². The normalized spacial score (nSPS) is 9.71. The molecule has 0 aromatic heterocycles. The van der Waals surface area contributed by atoms with E-state index >= 15 is 0 Å². The third kappa shape index (κ3) is 11.2. The summed E-state index contributed by atoms with van der Waals surface area (Å²) in [6.07, 6.45) is 4.63. The van der Waals surface area contributed by atoms with E-state index in [0.29, 0.717) is 11.8 Å². The van der Waals surface area contributed by atoms with Crippen molar-refractivity contribution in [2.75, 3.05) is 12.3 Å². The van der Waals surface area contributed by atoms with Gasteiger partial charge in [-0.25, -0.2) is 0 Å². The monoisotopic (exact) mass is 584 g/mol. The van der Waals surface area contributed by atoms with Gasteiger partial charge in [-0.15, -0.1) is 18.5 Å². The molecule has 0 fully saturated rings. The molecule has 0 N–H and O–H groups in total. The Bertz CT molecular complexity index is 839. The smallest absolute Gasteiger partial charge is 1.00 e. The molecule has 0 amide bonds. The average Bonchev–Trinajstić information content (AvgIpc) is 2.88. The van der Waals surface area contributed by atoms with E-state index in [1.165, 1.54) is 35.1 Å². The molecule has 188 valence electrons. The zero-order valence-electron chi connectivity index (χ0n) is 19.8. The van der Waals surface area contributed by atoms with Crippen LogP contribution in [0.3, 0.4) is 0 Å². The summed E-state index contributed by atoms with van der Waals surface area (Å²) < 4.78 is 0. The molecule has 0 nitrogen and oxygen atoms in total. The van der Waals surface area contributed by atoms with Crippen LogP contribution in [0.15, 0.2) is 121 Å². The van der Waals surface area contributed by atoms with Crippen LogP contribution in [0.1, 0.15) is 46.9 Å². The Morgan fingerprint density at radius 2 is 0.600 bits per heavy atom. The first kappa shape index (κ1) is 33.8. The first-order valence-electron chi connectivity index (χ1n) is 11.4. The Morgan fingerprint density at radius 1 is 0.400 bits per heavy atom. The van der Waals surface area contributed by atoms with Crippen LogP contribution in [0, 0.1) is 0 Å². The molecule has 4 aromatic carbocycles. The van der Waals surface area contributed by atoms with Crippen LogP contribution in [0.2, 0.25) is 0 Å². The number of hydrogen-bond acceptors (Lipinski definition) is 0. The van der Waals surface area contributed by atoms with Crippen LogP contribution >= 0.6 is 18.5 Å². The minimum Gasteiger partial charge on any atom is -1.00 e. The van der Waals surface area contributed by atoms with Crippen molar-refractivity contribution in [3.63, 3.8) is 0 Å². The van der Waals surface area contributed by atoms with Crippen LogP contribution in [0.25, 0.3) is 0 Å². The van der Waals surface area contributed by atoms with E-state index < -0.39 is 0 Å². The number of benzene rings is 4. The van der Waals surface area contributed by atoms with E-state index in [1.54, 1.807) is 0 Å². The fourth-order valence-electron chi connectivity index (χ4n) is 4.13. The third-order valence-electron chi connectivity index (χ3n) is 5.72. The average molecular weight is 586 g/mol. The zero-order chi connectivity index (χ0) is 22.4. The molecule has 35 heavy (non-hydrogen) atoms. The number of halogens is 2. The van der Waals surface area contributed by atoms with E-state index in [9.17, 15) is 0 Å². The summed E-state index contributed by atoms with van der Waals surface area (Å²) in [7, 11) is 5.65. The van der Waals surface area contributed by atoms with Gasteiger partial charge in [-0.3, -0.25) is 0 Å². The second-order valence-electron chi connectivity index (χ2n) is 7.90. The topological polar surface area (TPSA) is 0 Å². The van der Waals surface area contributed by atoms with Crippen LogP contribution in [0.5, 0.6) is 0 Å². The van der Waals surface area contributed by atoms with Crippen molar-refractivity contribution in [3.05, 3.63) is 144 Å². The SMILES string of the molecule is PCCC(c1ccccc1)c1ccccc1.PCCC(c1ccccc1)c1ccccc1.[Cl-].[Cl-].[Ni+2]. The van der Waals surface area contributed by atoms with Crippen molar-refractivity contribution in [2.24, 2.45) is 0 Å². The molecule has 0 aliphatic rings. The predicted octanol–water partition coefficient (Wildman–Crippen LogP) is 2.17. The summed E-state index contributed by atoms with van der Waals surface area (Å²) >= 11 is 0. The summed E-state index contributed by atoms with van der Waals surface area (Å²) in [5.41, 5.74) is 5.65. The molecule has 0 saturated carbocycles. The molecule has 0 aliphatic heterocycles. The van der Waals surface area contributed by atoms with Gasteiger partial charge in [-0.1, -0.05) is 121 Å². The second-order valence-corrected chi connectivity index (χ2v) is 9.06. The van der Waals surface area contributed by atoms with Crippen LogP contribution in [-0.4, -0.2) is 12.3 Å². The summed E-state index contributed by atoms with van der Waals surface area (Å²) in [6, 6.07) is 43.0. The molecule has 2 atom stereocenters. The van der Waals surface area contributed by atoms with Gasteiger partial charge in [0.2, 0.25) is 0 Å². The van der Waals surface area contributed by atoms with E-state index in [-0.39, 0.29) is 41.3 Å². The maximum Gasteiger partial charge on any atom is 2.00 e. The van der Waals surface area contributed by atoms with Crippen LogP contribution in [0.4, 0.5) is 0 Å². The Hall–Kier alpha value is -1.19. The Labute approximate surface area is 239 Å². The van der Waals surface area contributed by atoms with Gasteiger partial charge in [-0.2, -0.15) is 0 Å². The maximum atomic E-state index is 2.82. The molecular weight excluding hydrogens is 552 g/mol. The largest absolute Gasteiger partial charge is 2.00 e. The third-order valence-corrected chi connectivity index (χ3v) is 6.39. The molecule has 2 unspecified atom stereocenters. The maximum absolute atomic E-state index is 2.82. The van der Waals surface area contributed by atoms with Crippen molar-refractivity contribution in [2.45, 2.75) is 24.7 Å². The van der Waals surface area contributed by atoms with Gasteiger partial charge in [0, 0.05) is 11.8 Å². The molecular formula is C30H34Cl2NiP2. The van der Waals surface area contributed by atoms with Gasteiger partial charge in [0.25, 0.3) is 0 Å². The minimum atomic E-state index is 0. The van der Waals surface area contributed by atoms with Crippen molar-refractivity contribution in [1.29, 1.82) is 0 Å². The van der Waals surface area contributed by atoms with Gasteiger partial charge < -0.3 is 24.8 Å².